The number of morpholine rings is 1. The quantitative estimate of drug-likeness (QED) is 0.541. The number of fused-ring (bicyclic) bond motifs is 1. The van der Waals surface area contributed by atoms with E-state index in [0.29, 0.717) is 13.2 Å². The average molecular weight is 419 g/mol. The first-order chi connectivity index (χ1) is 15.3. The number of hydrogen-bond acceptors (Lipinski definition) is 7. The van der Waals surface area contributed by atoms with E-state index in [1.165, 1.54) is 12.8 Å². The number of aromatic nitrogens is 7. The van der Waals surface area contributed by atoms with Crippen LogP contribution in [0.4, 0.5) is 11.6 Å². The lowest BCUT2D eigenvalue weighted by atomic mass is 10.1. The molecule has 4 aromatic rings. The SMILES string of the molecule is Cn1nccc1-c1cc(N2CCOCC2)nc2c1c(N1CCCC1)nn2-c1ccn[nH]1. The molecule has 2 aliphatic rings. The smallest absolute Gasteiger partial charge is 0.169 e. The Morgan fingerprint density at radius 1 is 1.00 bits per heavy atom. The summed E-state index contributed by atoms with van der Waals surface area (Å²) in [7, 11) is 1.98. The lowest BCUT2D eigenvalue weighted by Crippen LogP contribution is -2.36. The normalized spacial score (nSPS) is 17.2. The molecule has 31 heavy (non-hydrogen) atoms. The van der Waals surface area contributed by atoms with Gasteiger partial charge in [0, 0.05) is 51.1 Å². The molecule has 6 rings (SSSR count). The van der Waals surface area contributed by atoms with E-state index in [2.05, 4.69) is 37.2 Å². The Bertz CT molecular complexity index is 1200. The number of rotatable bonds is 4. The predicted octanol–water partition coefficient (Wildman–Crippen LogP) is 1.98. The van der Waals surface area contributed by atoms with E-state index in [1.807, 2.05) is 28.7 Å². The molecule has 2 saturated heterocycles. The van der Waals surface area contributed by atoms with E-state index in [0.717, 1.165) is 65.9 Å². The number of H-pyrrole nitrogens is 1. The van der Waals surface area contributed by atoms with Gasteiger partial charge in [-0.3, -0.25) is 9.78 Å². The average Bonchev–Trinajstić information content (AvgIpc) is 3.60. The van der Waals surface area contributed by atoms with E-state index < -0.39 is 0 Å². The first-order valence-electron chi connectivity index (χ1n) is 10.8. The van der Waals surface area contributed by atoms with Crippen LogP contribution >= 0.6 is 0 Å². The van der Waals surface area contributed by atoms with Crippen LogP contribution in [0.3, 0.4) is 0 Å². The van der Waals surface area contributed by atoms with Gasteiger partial charge in [0.05, 0.1) is 30.5 Å². The number of nitrogens with one attached hydrogen (secondary N) is 1. The maximum Gasteiger partial charge on any atom is 0.169 e. The zero-order valence-electron chi connectivity index (χ0n) is 17.5. The van der Waals surface area contributed by atoms with Crippen molar-refractivity contribution in [3.63, 3.8) is 0 Å². The van der Waals surface area contributed by atoms with Crippen LogP contribution in [-0.4, -0.2) is 74.1 Å². The summed E-state index contributed by atoms with van der Waals surface area (Å²) in [4.78, 5) is 9.76. The largest absolute Gasteiger partial charge is 0.378 e. The van der Waals surface area contributed by atoms with E-state index in [4.69, 9.17) is 14.8 Å². The minimum atomic E-state index is 0.708. The van der Waals surface area contributed by atoms with Gasteiger partial charge in [0.2, 0.25) is 0 Å². The molecule has 10 heteroatoms. The van der Waals surface area contributed by atoms with Gasteiger partial charge in [-0.25, -0.2) is 4.98 Å². The second kappa shape index (κ2) is 7.38. The van der Waals surface area contributed by atoms with E-state index in [9.17, 15) is 0 Å². The fourth-order valence-electron chi connectivity index (χ4n) is 4.56. The Balaban J connectivity index is 1.65. The third-order valence-corrected chi connectivity index (χ3v) is 6.16. The van der Waals surface area contributed by atoms with Crippen molar-refractivity contribution in [1.82, 2.24) is 34.7 Å². The standard InChI is InChI=1S/C21H25N9O/c1-27-16(4-7-23-27)15-14-18(28-10-12-31-13-11-28)24-20-19(15)21(29-8-2-3-9-29)26-30(20)17-5-6-22-25-17/h4-7,14H,2-3,8-13H2,1H3,(H,22,25). The minimum absolute atomic E-state index is 0.708. The molecule has 0 unspecified atom stereocenters. The zero-order chi connectivity index (χ0) is 20.8. The van der Waals surface area contributed by atoms with Gasteiger partial charge < -0.3 is 14.5 Å². The Morgan fingerprint density at radius 3 is 2.55 bits per heavy atom. The summed E-state index contributed by atoms with van der Waals surface area (Å²) in [6.07, 6.45) is 5.94. The Morgan fingerprint density at radius 2 is 1.84 bits per heavy atom. The number of anilines is 2. The summed E-state index contributed by atoms with van der Waals surface area (Å²) in [5.41, 5.74) is 2.97. The van der Waals surface area contributed by atoms with Gasteiger partial charge in [0.25, 0.3) is 0 Å². The molecule has 0 saturated carbocycles. The zero-order valence-corrected chi connectivity index (χ0v) is 17.5. The second-order valence-corrected chi connectivity index (χ2v) is 8.04. The van der Waals surface area contributed by atoms with Gasteiger partial charge in [-0.2, -0.15) is 14.9 Å². The van der Waals surface area contributed by atoms with Crippen molar-refractivity contribution in [3.05, 3.63) is 30.6 Å². The third-order valence-electron chi connectivity index (χ3n) is 6.16. The molecule has 2 aliphatic heterocycles. The van der Waals surface area contributed by atoms with Crippen molar-refractivity contribution in [2.45, 2.75) is 12.8 Å². The fourth-order valence-corrected chi connectivity index (χ4v) is 4.56. The molecular formula is C21H25N9O. The maximum absolute atomic E-state index is 5.56. The molecule has 0 bridgehead atoms. The highest BCUT2D eigenvalue weighted by molar-refractivity contribution is 6.02. The summed E-state index contributed by atoms with van der Waals surface area (Å²) in [5.74, 6) is 2.71. The van der Waals surface area contributed by atoms with Gasteiger partial charge in [0.15, 0.2) is 17.3 Å². The van der Waals surface area contributed by atoms with Crippen molar-refractivity contribution < 1.29 is 4.74 Å². The second-order valence-electron chi connectivity index (χ2n) is 8.04. The fraction of sp³-hybridized carbons (Fsp3) is 0.429. The van der Waals surface area contributed by atoms with Gasteiger partial charge in [-0.1, -0.05) is 0 Å². The number of pyridine rings is 1. The van der Waals surface area contributed by atoms with Gasteiger partial charge in [0.1, 0.15) is 5.82 Å². The maximum atomic E-state index is 5.56. The summed E-state index contributed by atoms with van der Waals surface area (Å²) < 4.78 is 9.37. The van der Waals surface area contributed by atoms with Crippen molar-refractivity contribution in [3.8, 4) is 17.1 Å². The summed E-state index contributed by atoms with van der Waals surface area (Å²) in [6, 6.07) is 6.16. The van der Waals surface area contributed by atoms with Gasteiger partial charge in [-0.15, -0.1) is 5.10 Å². The Hall–Kier alpha value is -3.40. The molecule has 1 N–H and O–H groups in total. The van der Waals surface area contributed by atoms with Crippen molar-refractivity contribution in [2.24, 2.45) is 7.05 Å². The highest BCUT2D eigenvalue weighted by Crippen LogP contribution is 2.39. The van der Waals surface area contributed by atoms with Crippen molar-refractivity contribution in [2.75, 3.05) is 49.2 Å². The molecule has 160 valence electrons. The molecule has 0 radical (unpaired) electrons. The topological polar surface area (TPSA) is 92.9 Å². The lowest BCUT2D eigenvalue weighted by molar-refractivity contribution is 0.122. The number of hydrogen-bond donors (Lipinski definition) is 1. The molecule has 6 heterocycles. The van der Waals surface area contributed by atoms with Crippen molar-refractivity contribution >= 4 is 22.7 Å². The van der Waals surface area contributed by atoms with Crippen LogP contribution in [-0.2, 0) is 11.8 Å². The summed E-state index contributed by atoms with van der Waals surface area (Å²) >= 11 is 0. The molecule has 0 spiro atoms. The number of aromatic amines is 1. The number of aryl methyl sites for hydroxylation is 1. The highest BCUT2D eigenvalue weighted by atomic mass is 16.5. The van der Waals surface area contributed by atoms with Gasteiger partial charge in [-0.05, 0) is 25.0 Å². The number of nitrogens with zero attached hydrogens (tertiary/aromatic N) is 8. The first kappa shape index (κ1) is 18.4. The number of ether oxygens (including phenoxy) is 1. The van der Waals surface area contributed by atoms with Crippen LogP contribution in [0, 0.1) is 0 Å². The Kier molecular flexibility index (Phi) is 4.37. The van der Waals surface area contributed by atoms with Crippen LogP contribution in [0.5, 0.6) is 0 Å². The van der Waals surface area contributed by atoms with Crippen LogP contribution in [0.25, 0.3) is 28.1 Å². The van der Waals surface area contributed by atoms with Crippen LogP contribution < -0.4 is 9.80 Å². The predicted molar refractivity (Wildman–Crippen MR) is 118 cm³/mol. The van der Waals surface area contributed by atoms with Crippen LogP contribution in [0.1, 0.15) is 12.8 Å². The molecule has 4 aromatic heterocycles. The van der Waals surface area contributed by atoms with Gasteiger partial charge >= 0.3 is 0 Å². The first-order valence-corrected chi connectivity index (χ1v) is 10.8. The van der Waals surface area contributed by atoms with Crippen molar-refractivity contribution in [1.29, 1.82) is 0 Å². The monoisotopic (exact) mass is 419 g/mol. The molecule has 0 aliphatic carbocycles. The molecule has 0 atom stereocenters. The molecule has 0 aromatic carbocycles. The minimum Gasteiger partial charge on any atom is -0.378 e. The van der Waals surface area contributed by atoms with Crippen LogP contribution in [0.15, 0.2) is 30.6 Å². The molecular weight excluding hydrogens is 394 g/mol. The summed E-state index contributed by atoms with van der Waals surface area (Å²) in [5, 5.41) is 17.7. The molecule has 0 amide bonds. The molecule has 2 fully saturated rings. The highest BCUT2D eigenvalue weighted by Gasteiger charge is 2.27. The Labute approximate surface area is 179 Å². The third kappa shape index (κ3) is 3.05. The van der Waals surface area contributed by atoms with E-state index in [-0.39, 0.29) is 0 Å². The van der Waals surface area contributed by atoms with E-state index >= 15 is 0 Å². The van der Waals surface area contributed by atoms with E-state index in [1.54, 1.807) is 6.20 Å². The lowest BCUT2D eigenvalue weighted by Gasteiger charge is -2.28. The summed E-state index contributed by atoms with van der Waals surface area (Å²) in [6.45, 7) is 5.07. The van der Waals surface area contributed by atoms with Crippen LogP contribution in [0.2, 0.25) is 0 Å². The molecule has 10 nitrogen and oxygen atoms in total.